The van der Waals surface area contributed by atoms with E-state index < -0.39 is 28.0 Å². The van der Waals surface area contributed by atoms with Gasteiger partial charge in [0.15, 0.2) is 0 Å². The second-order valence-corrected chi connectivity index (χ2v) is 29.9. The Bertz CT molecular complexity index is 1810. The number of ether oxygens (including phenoxy) is 6. The number of amides is 4. The number of nitrogens with one attached hydrogen (secondary N) is 6. The normalized spacial score (nSPS) is 13.6. The van der Waals surface area contributed by atoms with Gasteiger partial charge in [0.05, 0.1) is 55.2 Å². The summed E-state index contributed by atoms with van der Waals surface area (Å²) in [6.07, 6.45) is 16.3. The fourth-order valence-electron chi connectivity index (χ4n) is 9.29. The van der Waals surface area contributed by atoms with Crippen LogP contribution >= 0.6 is 59.3 Å². The van der Waals surface area contributed by atoms with E-state index in [2.05, 4.69) is 65.7 Å². The van der Waals surface area contributed by atoms with Crippen molar-refractivity contribution in [1.29, 1.82) is 5.26 Å². The Morgan fingerprint density at radius 1 is 0.605 bits per heavy atom. The van der Waals surface area contributed by atoms with Gasteiger partial charge in [0.2, 0.25) is 17.7 Å². The van der Waals surface area contributed by atoms with Crippen LogP contribution in [0.4, 0.5) is 4.79 Å². The van der Waals surface area contributed by atoms with E-state index in [1.165, 1.54) is 75.5 Å². The molecule has 0 aromatic carbocycles. The number of rotatable bonds is 59. The molecule has 0 spiro atoms. The lowest BCUT2D eigenvalue weighted by molar-refractivity contribution is -0.146. The first kappa shape index (κ1) is 83.8. The third kappa shape index (κ3) is 46.0. The zero-order valence-electron chi connectivity index (χ0n) is 54.9. The van der Waals surface area contributed by atoms with Crippen LogP contribution in [0.5, 0.6) is 0 Å². The number of likely N-dealkylation sites (N-methyl/N-ethyl adjacent to an activating group) is 1. The van der Waals surface area contributed by atoms with Crippen LogP contribution in [0.1, 0.15) is 171 Å². The van der Waals surface area contributed by atoms with Gasteiger partial charge in [0, 0.05) is 63.7 Å². The van der Waals surface area contributed by atoms with Gasteiger partial charge < -0.3 is 65.2 Å². The number of hydrogen-bond donors (Lipinski definition) is 6. The number of thioether (sulfide) groups is 4. The molecule has 0 aromatic heterocycles. The Morgan fingerprint density at radius 3 is 1.69 bits per heavy atom. The lowest BCUT2D eigenvalue weighted by atomic mass is 9.74. The summed E-state index contributed by atoms with van der Waals surface area (Å²) in [6.45, 7) is 25.3. The van der Waals surface area contributed by atoms with Gasteiger partial charge in [-0.25, -0.2) is 4.79 Å². The molecule has 0 bridgehead atoms. The average Bonchev–Trinajstić information content (AvgIpc) is 2.45. The van der Waals surface area contributed by atoms with Crippen molar-refractivity contribution in [3.63, 3.8) is 0 Å². The van der Waals surface area contributed by atoms with Gasteiger partial charge in [-0.05, 0) is 131 Å². The molecular formula is C62H118N8O11S5. The number of unbranched alkanes of at least 4 members (excludes halogenated alkanes) is 9. The molecule has 0 radical (unpaired) electrons. The third-order valence-electron chi connectivity index (χ3n) is 14.2. The highest BCUT2D eigenvalue weighted by atomic mass is 32.2. The molecule has 24 heteroatoms. The molecule has 19 nitrogen and oxygen atoms in total. The molecular weight excluding hydrogens is 1190 g/mol. The number of carbonyl (C=O) groups is 5. The van der Waals surface area contributed by atoms with Crippen molar-refractivity contribution in [2.45, 2.75) is 180 Å². The maximum atomic E-state index is 14.7. The smallest absolute Gasteiger partial charge is 0.409 e. The van der Waals surface area contributed by atoms with Crippen molar-refractivity contribution in [3.05, 3.63) is 0 Å². The molecule has 0 fully saturated rings. The molecule has 0 saturated heterocycles. The third-order valence-corrected chi connectivity index (χ3v) is 19.9. The molecule has 0 aliphatic carbocycles. The van der Waals surface area contributed by atoms with Gasteiger partial charge in [-0.3, -0.25) is 19.2 Å². The lowest BCUT2D eigenvalue weighted by Gasteiger charge is -2.33. The van der Waals surface area contributed by atoms with Crippen molar-refractivity contribution in [2.24, 2.45) is 17.3 Å². The number of hydrogen-bond acceptors (Lipinski definition) is 20. The zero-order valence-corrected chi connectivity index (χ0v) is 58.9. The Morgan fingerprint density at radius 2 is 1.14 bits per heavy atom. The maximum Gasteiger partial charge on any atom is 0.409 e. The number of nitriles is 1. The lowest BCUT2D eigenvalue weighted by Crippen LogP contribution is -2.44. The Balaban J connectivity index is 6.22. The van der Waals surface area contributed by atoms with Crippen LogP contribution in [0.15, 0.2) is 0 Å². The highest BCUT2D eigenvalue weighted by molar-refractivity contribution is 8.47. The molecule has 6 N–H and O–H groups in total. The number of nitrogens with zero attached hydrogens (tertiary/aromatic N) is 2. The quantitative estimate of drug-likeness (QED) is 0.0144. The molecule has 0 heterocycles. The maximum absolute atomic E-state index is 14.7. The fraction of sp³-hybridized carbons (Fsp3) is 0.887. The first-order chi connectivity index (χ1) is 41.4. The van der Waals surface area contributed by atoms with Crippen LogP contribution in [0.2, 0.25) is 0 Å². The molecule has 4 atom stereocenters. The zero-order chi connectivity index (χ0) is 64.0. The predicted octanol–water partition coefficient (Wildman–Crippen LogP) is 9.99. The minimum Gasteiger partial charge on any atom is -0.464 e. The van der Waals surface area contributed by atoms with E-state index in [1.54, 1.807) is 42.5 Å². The van der Waals surface area contributed by atoms with Gasteiger partial charge in [-0.2, -0.15) is 5.26 Å². The minimum atomic E-state index is -1.34. The average molecular weight is 1310 g/mol. The van der Waals surface area contributed by atoms with Gasteiger partial charge in [-0.1, -0.05) is 109 Å². The standard InChI is InChI=1S/C62H118N8O11S5/c1-11-15-16-17-18-19-20-21-22-23-44-83-59(82)86-62(8,57(74)80-42-45-84-60(5,6)85-46-43-81-58(75)70(14-4)35-26-32-67-31-25-30-66-29-24-28-65-13-3)49-53(56(73)69-34-37-78-40-41-79-50-54(71)64-9)47-52(48-61(7,51-63)27-12-2)55(72)68-33-36-77-39-38-76-10/h52-53,65-67H,11-50H2,1-10H3,(H,64,71)(H,68,72)(H,69,73). The molecule has 502 valence electrons. The van der Waals surface area contributed by atoms with Gasteiger partial charge in [0.25, 0.3) is 0 Å². The first-order valence-corrected chi connectivity index (χ1v) is 36.3. The van der Waals surface area contributed by atoms with Crippen molar-refractivity contribution >= 4 is 92.6 Å². The molecule has 4 unspecified atom stereocenters. The summed E-state index contributed by atoms with van der Waals surface area (Å²) in [5, 5.41) is 29.3. The Kier molecular flexibility index (Phi) is 54.3. The summed E-state index contributed by atoms with van der Waals surface area (Å²) in [7, 11) is 3.12. The highest BCUT2D eigenvalue weighted by Crippen LogP contribution is 2.42. The van der Waals surface area contributed by atoms with Gasteiger partial charge >= 0.3 is 12.1 Å². The van der Waals surface area contributed by atoms with E-state index >= 15 is 0 Å². The van der Waals surface area contributed by atoms with Crippen LogP contribution < -0.4 is 31.9 Å². The van der Waals surface area contributed by atoms with Crippen LogP contribution in [0.25, 0.3) is 0 Å². The van der Waals surface area contributed by atoms with Crippen molar-refractivity contribution in [1.82, 2.24) is 36.8 Å². The van der Waals surface area contributed by atoms with E-state index in [1.807, 2.05) is 20.8 Å². The number of thiocarbonyl (C=S) groups is 1. The molecule has 0 saturated carbocycles. The first-order valence-electron chi connectivity index (χ1n) is 32.1. The number of carbonyl (C=O) groups excluding carboxylic acids is 5. The summed E-state index contributed by atoms with van der Waals surface area (Å²) < 4.78 is 32.6. The largest absolute Gasteiger partial charge is 0.464 e. The van der Waals surface area contributed by atoms with Crippen LogP contribution in [0.3, 0.4) is 0 Å². The monoisotopic (exact) mass is 1310 g/mol. The Hall–Kier alpha value is -2.15. The molecule has 0 rings (SSSR count). The van der Waals surface area contributed by atoms with Crippen molar-refractivity contribution in [3.8, 4) is 6.07 Å². The van der Waals surface area contributed by atoms with Crippen molar-refractivity contribution in [2.75, 3.05) is 156 Å². The Labute approximate surface area is 543 Å². The van der Waals surface area contributed by atoms with Gasteiger partial charge in [0.1, 0.15) is 28.1 Å². The van der Waals surface area contributed by atoms with Gasteiger partial charge in [-0.15, -0.1) is 35.3 Å². The second-order valence-electron chi connectivity index (χ2n) is 22.4. The SMILES string of the molecule is CCCCCCCCCCCCSC(=S)SC(C)(CC(CC(CC(C)(C#N)CCC)C(=O)NCCOCCOC)C(=O)NCCOCCOCC(=O)NC)C(=O)OCCSC(C)(C)SCCOC(=O)N(CC)CCCNCCCNCCCNCC. The summed E-state index contributed by atoms with van der Waals surface area (Å²) in [6, 6.07) is 2.46. The summed E-state index contributed by atoms with van der Waals surface area (Å²) in [5.41, 5.74) is -0.865. The topological polar surface area (TPSA) is 240 Å². The molecule has 0 aliphatic heterocycles. The molecule has 4 amide bonds. The van der Waals surface area contributed by atoms with Crippen LogP contribution in [-0.4, -0.2) is 203 Å². The van der Waals surface area contributed by atoms with E-state index in [-0.39, 0.29) is 106 Å². The number of esters is 1. The number of methoxy groups -OCH3 is 1. The summed E-state index contributed by atoms with van der Waals surface area (Å²) in [5.74, 6) is -1.26. The minimum absolute atomic E-state index is 0.00816. The predicted molar refractivity (Wildman–Crippen MR) is 363 cm³/mol. The van der Waals surface area contributed by atoms with Crippen molar-refractivity contribution < 1.29 is 52.4 Å². The fourth-order valence-corrected chi connectivity index (χ4v) is 14.6. The van der Waals surface area contributed by atoms with E-state index in [9.17, 15) is 29.2 Å². The summed E-state index contributed by atoms with van der Waals surface area (Å²) in [4.78, 5) is 69.9. The van der Waals surface area contributed by atoms with E-state index in [4.69, 9.17) is 40.6 Å². The highest BCUT2D eigenvalue weighted by Gasteiger charge is 2.43. The summed E-state index contributed by atoms with van der Waals surface area (Å²) >= 11 is 12.1. The van der Waals surface area contributed by atoms with Crippen LogP contribution in [-0.2, 0) is 47.6 Å². The molecule has 0 aromatic rings. The second kappa shape index (κ2) is 55.7. The molecule has 86 heavy (non-hydrogen) atoms. The van der Waals surface area contributed by atoms with E-state index in [0.29, 0.717) is 47.8 Å². The van der Waals surface area contributed by atoms with E-state index in [0.717, 1.165) is 90.0 Å². The van der Waals surface area contributed by atoms with Crippen LogP contribution in [0, 0.1) is 28.6 Å². The molecule has 0 aliphatic rings.